The summed E-state index contributed by atoms with van der Waals surface area (Å²) in [4.78, 5) is 25.9. The van der Waals surface area contributed by atoms with Crippen molar-refractivity contribution in [3.63, 3.8) is 0 Å². The molecule has 1 amide bonds. The van der Waals surface area contributed by atoms with Crippen LogP contribution in [0.1, 0.15) is 43.0 Å². The monoisotopic (exact) mass is 275 g/mol. The molecule has 0 spiro atoms. The number of ketones is 1. The predicted molar refractivity (Wildman–Crippen MR) is 76.7 cm³/mol. The first-order valence-electron chi connectivity index (χ1n) is 7.08. The molecule has 1 aliphatic rings. The SMILES string of the molecule is COC(=O)N1C(C)CCCC1CC(=O)c1ccccc1. The van der Waals surface area contributed by atoms with Crippen molar-refractivity contribution in [3.8, 4) is 0 Å². The lowest BCUT2D eigenvalue weighted by Crippen LogP contribution is -2.49. The lowest BCUT2D eigenvalue weighted by Gasteiger charge is -2.39. The molecule has 1 fully saturated rings. The van der Waals surface area contributed by atoms with Crippen LogP contribution in [0.5, 0.6) is 0 Å². The Morgan fingerprint density at radius 2 is 1.95 bits per heavy atom. The van der Waals surface area contributed by atoms with Gasteiger partial charge in [-0.1, -0.05) is 30.3 Å². The maximum absolute atomic E-state index is 12.3. The zero-order valence-electron chi connectivity index (χ0n) is 12.0. The van der Waals surface area contributed by atoms with Gasteiger partial charge in [0.15, 0.2) is 5.78 Å². The Morgan fingerprint density at radius 3 is 2.60 bits per heavy atom. The normalized spacial score (nSPS) is 22.4. The van der Waals surface area contributed by atoms with E-state index in [-0.39, 0.29) is 24.0 Å². The van der Waals surface area contributed by atoms with Crippen LogP contribution in [-0.2, 0) is 4.74 Å². The Morgan fingerprint density at radius 1 is 1.25 bits per heavy atom. The highest BCUT2D eigenvalue weighted by atomic mass is 16.5. The number of carbonyl (C=O) groups is 2. The number of hydrogen-bond donors (Lipinski definition) is 0. The number of amides is 1. The number of rotatable bonds is 3. The van der Waals surface area contributed by atoms with E-state index in [1.54, 1.807) is 4.90 Å². The van der Waals surface area contributed by atoms with Crippen LogP contribution in [0.15, 0.2) is 30.3 Å². The number of methoxy groups -OCH3 is 1. The van der Waals surface area contributed by atoms with E-state index in [2.05, 4.69) is 0 Å². The predicted octanol–water partition coefficient (Wildman–Crippen LogP) is 3.27. The van der Waals surface area contributed by atoms with Gasteiger partial charge in [-0.05, 0) is 26.2 Å². The van der Waals surface area contributed by atoms with E-state index in [0.29, 0.717) is 12.0 Å². The fourth-order valence-corrected chi connectivity index (χ4v) is 2.88. The fraction of sp³-hybridized carbons (Fsp3) is 0.500. The molecule has 108 valence electrons. The largest absolute Gasteiger partial charge is 0.453 e. The average molecular weight is 275 g/mol. The summed E-state index contributed by atoms with van der Waals surface area (Å²) >= 11 is 0. The number of hydrogen-bond acceptors (Lipinski definition) is 3. The summed E-state index contributed by atoms with van der Waals surface area (Å²) in [6, 6.07) is 9.31. The molecule has 4 heteroatoms. The van der Waals surface area contributed by atoms with Gasteiger partial charge in [-0.25, -0.2) is 4.79 Å². The van der Waals surface area contributed by atoms with Crippen LogP contribution >= 0.6 is 0 Å². The van der Waals surface area contributed by atoms with Gasteiger partial charge in [0, 0.05) is 24.1 Å². The minimum absolute atomic E-state index is 0.0566. The highest BCUT2D eigenvalue weighted by molar-refractivity contribution is 5.96. The molecule has 0 aliphatic carbocycles. The lowest BCUT2D eigenvalue weighted by molar-refractivity contribution is 0.0577. The van der Waals surface area contributed by atoms with E-state index in [9.17, 15) is 9.59 Å². The quantitative estimate of drug-likeness (QED) is 0.795. The third-order valence-corrected chi connectivity index (χ3v) is 3.93. The summed E-state index contributed by atoms with van der Waals surface area (Å²) in [7, 11) is 1.39. The van der Waals surface area contributed by atoms with Crippen molar-refractivity contribution in [2.45, 2.75) is 44.7 Å². The molecular weight excluding hydrogens is 254 g/mol. The second kappa shape index (κ2) is 6.55. The number of likely N-dealkylation sites (tertiary alicyclic amines) is 1. The first-order chi connectivity index (χ1) is 9.63. The first kappa shape index (κ1) is 14.6. The third kappa shape index (κ3) is 3.18. The van der Waals surface area contributed by atoms with Crippen molar-refractivity contribution in [1.29, 1.82) is 0 Å². The number of carbonyl (C=O) groups excluding carboxylic acids is 2. The summed E-state index contributed by atoms with van der Waals surface area (Å²) in [5, 5.41) is 0. The standard InChI is InChI=1S/C16H21NO3/c1-12-7-6-10-14(17(12)16(19)20-2)11-15(18)13-8-4-3-5-9-13/h3-5,8-9,12,14H,6-7,10-11H2,1-2H3. The molecule has 2 rings (SSSR count). The highest BCUT2D eigenvalue weighted by Crippen LogP contribution is 2.26. The molecular formula is C16H21NO3. The van der Waals surface area contributed by atoms with E-state index >= 15 is 0 Å². The summed E-state index contributed by atoms with van der Waals surface area (Å²) in [6.45, 7) is 2.01. The number of piperidine rings is 1. The fourth-order valence-electron chi connectivity index (χ4n) is 2.88. The van der Waals surface area contributed by atoms with Crippen LogP contribution < -0.4 is 0 Å². The Hall–Kier alpha value is -1.84. The van der Waals surface area contributed by atoms with Gasteiger partial charge in [-0.2, -0.15) is 0 Å². The van der Waals surface area contributed by atoms with Gasteiger partial charge in [0.1, 0.15) is 0 Å². The van der Waals surface area contributed by atoms with Gasteiger partial charge >= 0.3 is 6.09 Å². The molecule has 0 radical (unpaired) electrons. The molecule has 20 heavy (non-hydrogen) atoms. The van der Waals surface area contributed by atoms with Gasteiger partial charge in [-0.15, -0.1) is 0 Å². The molecule has 0 aromatic heterocycles. The van der Waals surface area contributed by atoms with Crippen molar-refractivity contribution < 1.29 is 14.3 Å². The average Bonchev–Trinajstić information content (AvgIpc) is 2.47. The number of nitrogens with zero attached hydrogens (tertiary/aromatic N) is 1. The molecule has 1 saturated heterocycles. The van der Waals surface area contributed by atoms with E-state index in [1.165, 1.54) is 7.11 Å². The van der Waals surface area contributed by atoms with Crippen LogP contribution in [0.3, 0.4) is 0 Å². The molecule has 2 atom stereocenters. The third-order valence-electron chi connectivity index (χ3n) is 3.93. The van der Waals surface area contributed by atoms with E-state index in [4.69, 9.17) is 4.74 Å². The Bertz CT molecular complexity index is 472. The minimum Gasteiger partial charge on any atom is -0.453 e. The molecule has 2 unspecified atom stereocenters. The van der Waals surface area contributed by atoms with Crippen molar-refractivity contribution >= 4 is 11.9 Å². The van der Waals surface area contributed by atoms with Gasteiger partial charge in [0.05, 0.1) is 7.11 Å². The van der Waals surface area contributed by atoms with Crippen molar-refractivity contribution in [2.75, 3.05) is 7.11 Å². The number of benzene rings is 1. The van der Waals surface area contributed by atoms with E-state index < -0.39 is 0 Å². The van der Waals surface area contributed by atoms with Gasteiger partial charge < -0.3 is 9.64 Å². The molecule has 1 aromatic carbocycles. The minimum atomic E-state index is -0.330. The number of Topliss-reactive ketones (excluding diaryl/α,β-unsaturated/α-hetero) is 1. The van der Waals surface area contributed by atoms with Crippen molar-refractivity contribution in [2.24, 2.45) is 0 Å². The summed E-state index contributed by atoms with van der Waals surface area (Å²) in [5.74, 6) is 0.0820. The summed E-state index contributed by atoms with van der Waals surface area (Å²) in [5.41, 5.74) is 0.704. The lowest BCUT2D eigenvalue weighted by atomic mass is 9.92. The van der Waals surface area contributed by atoms with Crippen LogP contribution in [0.25, 0.3) is 0 Å². The molecule has 0 saturated carbocycles. The van der Waals surface area contributed by atoms with E-state index in [1.807, 2.05) is 37.3 Å². The second-order valence-corrected chi connectivity index (χ2v) is 5.30. The topological polar surface area (TPSA) is 46.6 Å². The molecule has 4 nitrogen and oxygen atoms in total. The molecule has 1 heterocycles. The molecule has 1 aromatic rings. The Kier molecular flexibility index (Phi) is 4.77. The highest BCUT2D eigenvalue weighted by Gasteiger charge is 2.33. The van der Waals surface area contributed by atoms with Crippen LogP contribution in [0.2, 0.25) is 0 Å². The van der Waals surface area contributed by atoms with Crippen LogP contribution in [0.4, 0.5) is 4.79 Å². The van der Waals surface area contributed by atoms with Gasteiger partial charge in [-0.3, -0.25) is 4.79 Å². The Labute approximate surface area is 119 Å². The summed E-state index contributed by atoms with van der Waals surface area (Å²) < 4.78 is 4.85. The van der Waals surface area contributed by atoms with Gasteiger partial charge in [0.2, 0.25) is 0 Å². The summed E-state index contributed by atoms with van der Waals surface area (Å²) in [6.07, 6.45) is 2.90. The molecule has 0 bridgehead atoms. The maximum Gasteiger partial charge on any atom is 0.409 e. The van der Waals surface area contributed by atoms with Crippen LogP contribution in [0, 0.1) is 0 Å². The zero-order valence-corrected chi connectivity index (χ0v) is 12.0. The number of ether oxygens (including phenoxy) is 1. The molecule has 0 N–H and O–H groups in total. The first-order valence-corrected chi connectivity index (χ1v) is 7.08. The van der Waals surface area contributed by atoms with Crippen LogP contribution in [-0.4, -0.2) is 36.0 Å². The van der Waals surface area contributed by atoms with Gasteiger partial charge in [0.25, 0.3) is 0 Å². The second-order valence-electron chi connectivity index (χ2n) is 5.30. The Balaban J connectivity index is 2.09. The maximum atomic E-state index is 12.3. The zero-order chi connectivity index (χ0) is 14.5. The van der Waals surface area contributed by atoms with Crippen molar-refractivity contribution in [1.82, 2.24) is 4.90 Å². The molecule has 1 aliphatic heterocycles. The van der Waals surface area contributed by atoms with Crippen molar-refractivity contribution in [3.05, 3.63) is 35.9 Å². The smallest absolute Gasteiger partial charge is 0.409 e. The van der Waals surface area contributed by atoms with E-state index in [0.717, 1.165) is 19.3 Å².